The third-order valence-corrected chi connectivity index (χ3v) is 4.18. The molecule has 3 heterocycles. The van der Waals surface area contributed by atoms with Crippen LogP contribution < -0.4 is 15.8 Å². The van der Waals surface area contributed by atoms with Crippen molar-refractivity contribution in [1.29, 1.82) is 0 Å². The zero-order valence-electron chi connectivity index (χ0n) is 16.6. The van der Waals surface area contributed by atoms with Crippen molar-refractivity contribution in [3.05, 3.63) is 72.4 Å². The van der Waals surface area contributed by atoms with Gasteiger partial charge in [-0.25, -0.2) is 9.97 Å². The third kappa shape index (κ3) is 5.06. The van der Waals surface area contributed by atoms with Gasteiger partial charge in [0.05, 0.1) is 5.69 Å². The highest BCUT2D eigenvalue weighted by atomic mass is 19.4. The number of pyridine rings is 1. The van der Waals surface area contributed by atoms with Crippen molar-refractivity contribution in [2.75, 3.05) is 11.1 Å². The molecule has 4 aromatic rings. The van der Waals surface area contributed by atoms with Crippen molar-refractivity contribution in [3.8, 4) is 22.9 Å². The Morgan fingerprint density at radius 2 is 1.72 bits per heavy atom. The fourth-order valence-electron chi connectivity index (χ4n) is 2.71. The molecule has 1 aromatic carbocycles. The molecule has 162 valence electrons. The van der Waals surface area contributed by atoms with Crippen LogP contribution in [0.3, 0.4) is 0 Å². The summed E-state index contributed by atoms with van der Waals surface area (Å²) in [6.07, 6.45) is -1.97. The number of aryl methyl sites for hydroxylation is 1. The van der Waals surface area contributed by atoms with Crippen molar-refractivity contribution in [1.82, 2.24) is 24.9 Å². The molecule has 11 heteroatoms. The van der Waals surface area contributed by atoms with E-state index in [2.05, 4.69) is 30.2 Å². The smallest absolute Gasteiger partial charge is 0.439 e. The van der Waals surface area contributed by atoms with Crippen LogP contribution in [0.25, 0.3) is 11.3 Å². The molecule has 0 aliphatic rings. The lowest BCUT2D eigenvalue weighted by Crippen LogP contribution is -2.10. The van der Waals surface area contributed by atoms with Crippen LogP contribution in [0.2, 0.25) is 0 Å². The first kappa shape index (κ1) is 21.0. The van der Waals surface area contributed by atoms with Crippen LogP contribution in [0.15, 0.2) is 60.9 Å². The van der Waals surface area contributed by atoms with Crippen LogP contribution in [0.4, 0.5) is 30.6 Å². The molecule has 8 nitrogen and oxygen atoms in total. The predicted molar refractivity (Wildman–Crippen MR) is 111 cm³/mol. The molecule has 0 amide bonds. The molecule has 3 N–H and O–H groups in total. The van der Waals surface area contributed by atoms with Crippen molar-refractivity contribution in [3.63, 3.8) is 0 Å². The van der Waals surface area contributed by atoms with Crippen LogP contribution >= 0.6 is 0 Å². The Kier molecular flexibility index (Phi) is 5.54. The second-order valence-electron chi connectivity index (χ2n) is 6.65. The predicted octanol–water partition coefficient (Wildman–Crippen LogP) is 4.77. The Morgan fingerprint density at radius 1 is 0.938 bits per heavy atom. The summed E-state index contributed by atoms with van der Waals surface area (Å²) in [5.74, 6) is -0.625. The van der Waals surface area contributed by atoms with E-state index in [-0.39, 0.29) is 11.8 Å². The quantitative estimate of drug-likeness (QED) is 0.457. The van der Waals surface area contributed by atoms with Gasteiger partial charge in [0.15, 0.2) is 0 Å². The van der Waals surface area contributed by atoms with Gasteiger partial charge < -0.3 is 15.8 Å². The molecule has 0 saturated heterocycles. The molecule has 0 bridgehead atoms. The van der Waals surface area contributed by atoms with Gasteiger partial charge in [-0.05, 0) is 43.3 Å². The van der Waals surface area contributed by atoms with E-state index in [1.807, 2.05) is 19.1 Å². The Balaban J connectivity index is 1.49. The van der Waals surface area contributed by atoms with Gasteiger partial charge in [-0.1, -0.05) is 0 Å². The Bertz CT molecular complexity index is 1230. The number of nitrogens with zero attached hydrogens (tertiary/aromatic N) is 5. The van der Waals surface area contributed by atoms with E-state index >= 15 is 0 Å². The van der Waals surface area contributed by atoms with Gasteiger partial charge in [0, 0.05) is 41.5 Å². The van der Waals surface area contributed by atoms with Crippen molar-refractivity contribution in [2.24, 2.45) is 0 Å². The third-order valence-electron chi connectivity index (χ3n) is 4.18. The molecule has 0 aliphatic heterocycles. The van der Waals surface area contributed by atoms with Crippen molar-refractivity contribution >= 4 is 17.5 Å². The number of benzene rings is 1. The normalized spacial score (nSPS) is 11.2. The average molecular weight is 439 g/mol. The number of hydrogen-bond acceptors (Lipinski definition) is 8. The van der Waals surface area contributed by atoms with Gasteiger partial charge in [0.2, 0.25) is 17.7 Å². The molecule has 4 rings (SSSR count). The molecule has 0 aliphatic carbocycles. The number of nitrogens with two attached hydrogens (primary N) is 1. The number of hydrogen-bond donors (Lipinski definition) is 2. The van der Waals surface area contributed by atoms with E-state index in [0.29, 0.717) is 22.9 Å². The zero-order chi connectivity index (χ0) is 22.7. The molecular formula is C21H16F3N7O. The molecule has 0 atom stereocenters. The number of alkyl halides is 3. The summed E-state index contributed by atoms with van der Waals surface area (Å²) in [6, 6.07) is 13.2. The molecule has 0 unspecified atom stereocenters. The van der Waals surface area contributed by atoms with Gasteiger partial charge in [0.25, 0.3) is 0 Å². The monoisotopic (exact) mass is 439 g/mol. The standard InChI is InChI=1S/C21H16F3N7O/c1-12-2-3-13(11-27-12)16-10-17(30-20(25)29-16)28-14-4-6-15(7-5-14)32-18-8-9-26-19(31-18)21(22,23)24/h2-11H,1H3,(H3,25,28,29,30). The molecule has 0 fully saturated rings. The maximum absolute atomic E-state index is 12.7. The fraction of sp³-hybridized carbons (Fsp3) is 0.0952. The highest BCUT2D eigenvalue weighted by molar-refractivity contribution is 5.66. The molecule has 32 heavy (non-hydrogen) atoms. The van der Waals surface area contributed by atoms with E-state index in [4.69, 9.17) is 10.5 Å². The van der Waals surface area contributed by atoms with Gasteiger partial charge in [-0.3, -0.25) is 4.98 Å². The largest absolute Gasteiger partial charge is 0.451 e. The summed E-state index contributed by atoms with van der Waals surface area (Å²) in [4.78, 5) is 19.2. The second-order valence-corrected chi connectivity index (χ2v) is 6.65. The maximum atomic E-state index is 12.7. The van der Waals surface area contributed by atoms with Crippen molar-refractivity contribution < 1.29 is 17.9 Å². The number of ether oxygens (including phenoxy) is 1. The first-order valence-electron chi connectivity index (χ1n) is 9.29. The van der Waals surface area contributed by atoms with Crippen LogP contribution in [-0.2, 0) is 6.18 Å². The van der Waals surface area contributed by atoms with E-state index in [9.17, 15) is 13.2 Å². The van der Waals surface area contributed by atoms with Crippen molar-refractivity contribution in [2.45, 2.75) is 13.1 Å². The van der Waals surface area contributed by atoms with Gasteiger partial charge in [-0.15, -0.1) is 0 Å². The first-order chi connectivity index (χ1) is 15.3. The average Bonchev–Trinajstić information content (AvgIpc) is 2.75. The zero-order valence-corrected chi connectivity index (χ0v) is 16.6. The maximum Gasteiger partial charge on any atom is 0.451 e. The van der Waals surface area contributed by atoms with Crippen LogP contribution in [0.5, 0.6) is 11.6 Å². The minimum atomic E-state index is -4.65. The summed E-state index contributed by atoms with van der Waals surface area (Å²) in [6.45, 7) is 1.89. The number of nitrogen functional groups attached to an aromatic ring is 1. The van der Waals surface area contributed by atoms with E-state index in [1.54, 1.807) is 36.5 Å². The number of anilines is 3. The second kappa shape index (κ2) is 8.46. The SMILES string of the molecule is Cc1ccc(-c2cc(Nc3ccc(Oc4ccnc(C(F)(F)F)n4)cc3)nc(N)n2)cn1. The molecule has 0 saturated carbocycles. The Morgan fingerprint density at radius 3 is 2.41 bits per heavy atom. The first-order valence-corrected chi connectivity index (χ1v) is 9.29. The summed E-state index contributed by atoms with van der Waals surface area (Å²) in [7, 11) is 0. The Labute approximate surface area is 180 Å². The lowest BCUT2D eigenvalue weighted by atomic mass is 10.2. The topological polar surface area (TPSA) is 112 Å². The minimum Gasteiger partial charge on any atom is -0.439 e. The highest BCUT2D eigenvalue weighted by Crippen LogP contribution is 2.29. The fourth-order valence-corrected chi connectivity index (χ4v) is 2.71. The van der Waals surface area contributed by atoms with Gasteiger partial charge >= 0.3 is 6.18 Å². The number of halogens is 3. The van der Waals surface area contributed by atoms with Gasteiger partial charge in [0.1, 0.15) is 11.6 Å². The molecule has 3 aromatic heterocycles. The van der Waals surface area contributed by atoms with Crippen LogP contribution in [-0.4, -0.2) is 24.9 Å². The van der Waals surface area contributed by atoms with E-state index < -0.39 is 12.0 Å². The van der Waals surface area contributed by atoms with Gasteiger partial charge in [-0.2, -0.15) is 23.1 Å². The minimum absolute atomic E-state index is 0.0924. The van der Waals surface area contributed by atoms with E-state index in [0.717, 1.165) is 17.5 Å². The summed E-state index contributed by atoms with van der Waals surface area (Å²) < 4.78 is 43.6. The van der Waals surface area contributed by atoms with Crippen LogP contribution in [0, 0.1) is 6.92 Å². The molecule has 0 spiro atoms. The molecule has 0 radical (unpaired) electrons. The van der Waals surface area contributed by atoms with E-state index in [1.165, 1.54) is 6.07 Å². The highest BCUT2D eigenvalue weighted by Gasteiger charge is 2.34. The molecular weight excluding hydrogens is 423 g/mol. The van der Waals surface area contributed by atoms with Crippen LogP contribution in [0.1, 0.15) is 11.5 Å². The summed E-state index contributed by atoms with van der Waals surface area (Å²) in [5, 5.41) is 3.10. The summed E-state index contributed by atoms with van der Waals surface area (Å²) >= 11 is 0. The number of nitrogens with one attached hydrogen (secondary N) is 1. The lowest BCUT2D eigenvalue weighted by molar-refractivity contribution is -0.145. The Hall–Kier alpha value is -4.28. The summed E-state index contributed by atoms with van der Waals surface area (Å²) in [5.41, 5.74) is 8.77. The number of rotatable bonds is 5. The lowest BCUT2D eigenvalue weighted by Gasteiger charge is -2.10. The number of aromatic nitrogens is 5.